The molecule has 150 valence electrons. The van der Waals surface area contributed by atoms with E-state index in [1.807, 2.05) is 80.8 Å². The Labute approximate surface area is 176 Å². The van der Waals surface area contributed by atoms with Gasteiger partial charge in [0.25, 0.3) is 5.91 Å². The van der Waals surface area contributed by atoms with E-state index in [1.165, 1.54) is 0 Å². The maximum absolute atomic E-state index is 12.8. The number of benzene rings is 3. The van der Waals surface area contributed by atoms with Crippen LogP contribution in [-0.2, 0) is 6.61 Å². The summed E-state index contributed by atoms with van der Waals surface area (Å²) < 4.78 is 11.7. The van der Waals surface area contributed by atoms with Crippen molar-refractivity contribution in [1.82, 2.24) is 0 Å². The van der Waals surface area contributed by atoms with Crippen LogP contribution in [0.25, 0.3) is 0 Å². The Bertz CT molecular complexity index is 987. The molecule has 0 bridgehead atoms. The van der Waals surface area contributed by atoms with Gasteiger partial charge in [-0.3, -0.25) is 4.79 Å². The Morgan fingerprint density at radius 3 is 2.48 bits per heavy atom. The Morgan fingerprint density at radius 2 is 1.72 bits per heavy atom. The molecule has 0 saturated carbocycles. The summed E-state index contributed by atoms with van der Waals surface area (Å²) in [5.74, 6) is 1.38. The fraction of sp³-hybridized carbons (Fsp3) is 0.208. The van der Waals surface area contributed by atoms with E-state index in [2.05, 4.69) is 5.32 Å². The van der Waals surface area contributed by atoms with Crippen LogP contribution in [0.1, 0.15) is 28.4 Å². The second-order valence-corrected chi connectivity index (χ2v) is 7.31. The fourth-order valence-corrected chi connectivity index (χ4v) is 3.50. The summed E-state index contributed by atoms with van der Waals surface area (Å²) in [7, 11) is 0. The van der Waals surface area contributed by atoms with Crippen LogP contribution in [-0.4, -0.2) is 18.8 Å². The average Bonchev–Trinajstić information content (AvgIpc) is 2.74. The number of rotatable bonds is 8. The minimum Gasteiger partial charge on any atom is -0.493 e. The number of hydrogen-bond acceptors (Lipinski definition) is 4. The molecule has 0 radical (unpaired) electrons. The van der Waals surface area contributed by atoms with Crippen molar-refractivity contribution >= 4 is 23.4 Å². The Kier molecular flexibility index (Phi) is 7.19. The highest BCUT2D eigenvalue weighted by molar-refractivity contribution is 7.98. The maximum atomic E-state index is 12.8. The highest BCUT2D eigenvalue weighted by Crippen LogP contribution is 2.27. The highest BCUT2D eigenvalue weighted by Gasteiger charge is 2.13. The monoisotopic (exact) mass is 407 g/mol. The van der Waals surface area contributed by atoms with Crippen molar-refractivity contribution in [3.63, 3.8) is 0 Å². The van der Waals surface area contributed by atoms with Crippen LogP contribution in [0.2, 0.25) is 0 Å². The molecule has 0 aliphatic rings. The van der Waals surface area contributed by atoms with Crippen molar-refractivity contribution in [3.05, 3.63) is 83.4 Å². The summed E-state index contributed by atoms with van der Waals surface area (Å²) in [6.45, 7) is 4.81. The molecule has 0 aliphatic carbocycles. The van der Waals surface area contributed by atoms with Gasteiger partial charge in [0.15, 0.2) is 0 Å². The minimum atomic E-state index is -0.160. The predicted octanol–water partition coefficient (Wildman–Crippen LogP) is 5.95. The van der Waals surface area contributed by atoms with E-state index in [-0.39, 0.29) is 5.91 Å². The SMILES string of the molecule is CCOc1ccc(C(=O)Nc2ccccc2SC)cc1COc1ccccc1C. The van der Waals surface area contributed by atoms with E-state index in [0.717, 1.165) is 33.2 Å². The number of carbonyl (C=O) groups excluding carboxylic acids is 1. The molecule has 5 heteroatoms. The largest absolute Gasteiger partial charge is 0.493 e. The first-order valence-corrected chi connectivity index (χ1v) is 10.7. The molecule has 1 amide bonds. The number of carbonyl (C=O) groups is 1. The first kappa shape index (κ1) is 20.8. The number of anilines is 1. The molecule has 0 aliphatic heterocycles. The molecule has 0 saturated heterocycles. The Hall–Kier alpha value is -2.92. The zero-order chi connectivity index (χ0) is 20.6. The third kappa shape index (κ3) is 5.33. The van der Waals surface area contributed by atoms with E-state index in [4.69, 9.17) is 9.47 Å². The summed E-state index contributed by atoms with van der Waals surface area (Å²) in [5.41, 5.74) is 3.26. The molecule has 0 atom stereocenters. The number of aryl methyl sites for hydroxylation is 1. The molecule has 0 unspecified atom stereocenters. The summed E-state index contributed by atoms with van der Waals surface area (Å²) in [4.78, 5) is 13.9. The van der Waals surface area contributed by atoms with E-state index in [9.17, 15) is 4.79 Å². The van der Waals surface area contributed by atoms with Gasteiger partial charge in [-0.15, -0.1) is 11.8 Å². The van der Waals surface area contributed by atoms with Crippen molar-refractivity contribution in [2.75, 3.05) is 18.2 Å². The van der Waals surface area contributed by atoms with Crippen LogP contribution in [0.3, 0.4) is 0 Å². The van der Waals surface area contributed by atoms with Crippen LogP contribution < -0.4 is 14.8 Å². The topological polar surface area (TPSA) is 47.6 Å². The number of thioether (sulfide) groups is 1. The summed E-state index contributed by atoms with van der Waals surface area (Å²) in [5, 5.41) is 3.00. The zero-order valence-corrected chi connectivity index (χ0v) is 17.7. The predicted molar refractivity (Wildman–Crippen MR) is 119 cm³/mol. The van der Waals surface area contributed by atoms with Gasteiger partial charge in [-0.05, 0) is 62.1 Å². The Morgan fingerprint density at radius 1 is 0.966 bits per heavy atom. The molecule has 1 N–H and O–H groups in total. The smallest absolute Gasteiger partial charge is 0.255 e. The van der Waals surface area contributed by atoms with Crippen molar-refractivity contribution in [2.45, 2.75) is 25.3 Å². The fourth-order valence-electron chi connectivity index (χ4n) is 2.95. The van der Waals surface area contributed by atoms with Crippen molar-refractivity contribution < 1.29 is 14.3 Å². The highest BCUT2D eigenvalue weighted by atomic mass is 32.2. The van der Waals surface area contributed by atoms with Gasteiger partial charge in [0, 0.05) is 16.0 Å². The number of para-hydroxylation sites is 2. The van der Waals surface area contributed by atoms with Gasteiger partial charge in [-0.2, -0.15) is 0 Å². The van der Waals surface area contributed by atoms with Crippen molar-refractivity contribution in [1.29, 1.82) is 0 Å². The zero-order valence-electron chi connectivity index (χ0n) is 16.9. The van der Waals surface area contributed by atoms with Crippen LogP contribution in [0.5, 0.6) is 11.5 Å². The van der Waals surface area contributed by atoms with E-state index in [1.54, 1.807) is 17.8 Å². The van der Waals surface area contributed by atoms with Gasteiger partial charge in [-0.1, -0.05) is 30.3 Å². The summed E-state index contributed by atoms with van der Waals surface area (Å²) in [6.07, 6.45) is 1.99. The number of nitrogens with one attached hydrogen (secondary N) is 1. The van der Waals surface area contributed by atoms with Crippen LogP contribution in [0.4, 0.5) is 5.69 Å². The molecule has 0 aromatic heterocycles. The molecular formula is C24H25NO3S. The molecule has 4 nitrogen and oxygen atoms in total. The van der Waals surface area contributed by atoms with Crippen molar-refractivity contribution in [3.8, 4) is 11.5 Å². The standard InChI is InChI=1S/C24H25NO3S/c1-4-27-22-14-13-18(24(26)25-20-10-6-8-12-23(20)29-3)15-19(22)16-28-21-11-7-5-9-17(21)2/h5-15H,4,16H2,1-3H3,(H,25,26). The van der Waals surface area contributed by atoms with Gasteiger partial charge in [0.1, 0.15) is 18.1 Å². The van der Waals surface area contributed by atoms with Crippen LogP contribution in [0.15, 0.2) is 71.6 Å². The normalized spacial score (nSPS) is 10.4. The van der Waals surface area contributed by atoms with E-state index >= 15 is 0 Å². The molecule has 0 fully saturated rings. The first-order valence-electron chi connectivity index (χ1n) is 9.51. The van der Waals surface area contributed by atoms with Crippen LogP contribution >= 0.6 is 11.8 Å². The Balaban J connectivity index is 1.81. The lowest BCUT2D eigenvalue weighted by molar-refractivity contribution is 0.102. The quantitative estimate of drug-likeness (QED) is 0.469. The number of hydrogen-bond donors (Lipinski definition) is 1. The van der Waals surface area contributed by atoms with Gasteiger partial charge in [0.2, 0.25) is 0 Å². The number of amides is 1. The second kappa shape index (κ2) is 10.0. The summed E-state index contributed by atoms with van der Waals surface area (Å²) >= 11 is 1.60. The lowest BCUT2D eigenvalue weighted by Crippen LogP contribution is -2.13. The molecule has 3 aromatic carbocycles. The third-order valence-electron chi connectivity index (χ3n) is 4.45. The first-order chi connectivity index (χ1) is 14.1. The molecule has 0 heterocycles. The third-order valence-corrected chi connectivity index (χ3v) is 5.25. The maximum Gasteiger partial charge on any atom is 0.255 e. The molecule has 3 rings (SSSR count). The average molecular weight is 408 g/mol. The van der Waals surface area contributed by atoms with Gasteiger partial charge in [-0.25, -0.2) is 0 Å². The van der Waals surface area contributed by atoms with E-state index < -0.39 is 0 Å². The van der Waals surface area contributed by atoms with Gasteiger partial charge < -0.3 is 14.8 Å². The van der Waals surface area contributed by atoms with Gasteiger partial charge in [0.05, 0.1) is 12.3 Å². The summed E-state index contributed by atoms with van der Waals surface area (Å²) in [6, 6.07) is 21.1. The van der Waals surface area contributed by atoms with Gasteiger partial charge >= 0.3 is 0 Å². The lowest BCUT2D eigenvalue weighted by atomic mass is 10.1. The minimum absolute atomic E-state index is 0.160. The number of ether oxygens (including phenoxy) is 2. The molecular weight excluding hydrogens is 382 g/mol. The second-order valence-electron chi connectivity index (χ2n) is 6.46. The lowest BCUT2D eigenvalue weighted by Gasteiger charge is -2.15. The molecule has 29 heavy (non-hydrogen) atoms. The molecule has 0 spiro atoms. The van der Waals surface area contributed by atoms with E-state index in [0.29, 0.717) is 18.8 Å². The van der Waals surface area contributed by atoms with Crippen molar-refractivity contribution in [2.24, 2.45) is 0 Å². The molecule has 3 aromatic rings. The van der Waals surface area contributed by atoms with Crippen LogP contribution in [0, 0.1) is 6.92 Å².